The lowest BCUT2D eigenvalue weighted by Crippen LogP contribution is -2.33. The highest BCUT2D eigenvalue weighted by Gasteiger charge is 2.22. The summed E-state index contributed by atoms with van der Waals surface area (Å²) in [7, 11) is 0. The molecule has 0 aromatic carbocycles. The molecular weight excluding hydrogens is 214 g/mol. The lowest BCUT2D eigenvalue weighted by molar-refractivity contribution is 0.0694. The Bertz CT molecular complexity index is 337. The van der Waals surface area contributed by atoms with Crippen LogP contribution in [0, 0.1) is 5.92 Å². The van der Waals surface area contributed by atoms with Crippen LogP contribution in [0.4, 0.5) is 0 Å². The molecule has 0 amide bonds. The topological polar surface area (TPSA) is 50.1 Å². The van der Waals surface area contributed by atoms with Crippen LogP contribution in [0.5, 0.6) is 0 Å². The van der Waals surface area contributed by atoms with Crippen LogP contribution in [-0.4, -0.2) is 27.3 Å². The van der Waals surface area contributed by atoms with Gasteiger partial charge < -0.3 is 15.0 Å². The third-order valence-corrected chi connectivity index (χ3v) is 3.72. The molecule has 2 rings (SSSR count). The van der Waals surface area contributed by atoms with Crippen LogP contribution in [0.3, 0.4) is 0 Å². The molecule has 17 heavy (non-hydrogen) atoms. The zero-order chi connectivity index (χ0) is 12.1. The molecule has 1 aromatic heterocycles. The van der Waals surface area contributed by atoms with E-state index in [0.717, 1.165) is 32.5 Å². The minimum Gasteiger partial charge on any atom is -0.393 e. The summed E-state index contributed by atoms with van der Waals surface area (Å²) < 4.78 is 2.14. The van der Waals surface area contributed by atoms with Crippen molar-refractivity contribution in [1.29, 1.82) is 0 Å². The molecule has 0 radical (unpaired) electrons. The summed E-state index contributed by atoms with van der Waals surface area (Å²) in [6, 6.07) is 0. The Balaban J connectivity index is 1.75. The van der Waals surface area contributed by atoms with Crippen molar-refractivity contribution < 1.29 is 5.11 Å². The normalized spacial score (nSPS) is 25.1. The summed E-state index contributed by atoms with van der Waals surface area (Å²) in [4.78, 5) is 4.15. The van der Waals surface area contributed by atoms with E-state index in [1.165, 1.54) is 18.5 Å². The fourth-order valence-electron chi connectivity index (χ4n) is 2.59. The van der Waals surface area contributed by atoms with Crippen LogP contribution in [0.15, 0.2) is 12.5 Å². The van der Waals surface area contributed by atoms with E-state index >= 15 is 0 Å². The first kappa shape index (κ1) is 12.6. The Morgan fingerprint density at radius 1 is 1.47 bits per heavy atom. The molecule has 4 nitrogen and oxygen atoms in total. The van der Waals surface area contributed by atoms with Gasteiger partial charge in [0.05, 0.1) is 18.1 Å². The van der Waals surface area contributed by atoms with Gasteiger partial charge in [0.2, 0.25) is 0 Å². The molecule has 0 saturated heterocycles. The molecule has 0 bridgehead atoms. The second-order valence-electron chi connectivity index (χ2n) is 4.91. The molecule has 2 N–H and O–H groups in total. The smallest absolute Gasteiger partial charge is 0.0948 e. The van der Waals surface area contributed by atoms with Crippen LogP contribution in [-0.2, 0) is 13.1 Å². The zero-order valence-electron chi connectivity index (χ0n) is 10.6. The maximum Gasteiger partial charge on any atom is 0.0948 e. The molecule has 96 valence electrons. The molecule has 0 spiro atoms. The Labute approximate surface area is 103 Å². The first-order valence-electron chi connectivity index (χ1n) is 6.69. The first-order valence-corrected chi connectivity index (χ1v) is 6.69. The molecule has 4 heteroatoms. The fourth-order valence-corrected chi connectivity index (χ4v) is 2.59. The number of hydrogen-bond donors (Lipinski definition) is 2. The third-order valence-electron chi connectivity index (χ3n) is 3.72. The van der Waals surface area contributed by atoms with Crippen LogP contribution in [0.2, 0.25) is 0 Å². The van der Waals surface area contributed by atoms with Gasteiger partial charge in [0, 0.05) is 25.8 Å². The van der Waals surface area contributed by atoms with Gasteiger partial charge in [-0.15, -0.1) is 0 Å². The summed E-state index contributed by atoms with van der Waals surface area (Å²) in [6.45, 7) is 4.84. The molecule has 2 unspecified atom stereocenters. The van der Waals surface area contributed by atoms with Gasteiger partial charge in [-0.05, 0) is 25.7 Å². The number of rotatable bonds is 5. The minimum atomic E-state index is -0.104. The van der Waals surface area contributed by atoms with E-state index in [0.29, 0.717) is 5.92 Å². The van der Waals surface area contributed by atoms with E-state index in [2.05, 4.69) is 21.8 Å². The second-order valence-corrected chi connectivity index (χ2v) is 4.91. The molecule has 1 aliphatic carbocycles. The minimum absolute atomic E-state index is 0.104. The van der Waals surface area contributed by atoms with Crippen molar-refractivity contribution in [3.63, 3.8) is 0 Å². The largest absolute Gasteiger partial charge is 0.393 e. The van der Waals surface area contributed by atoms with Crippen molar-refractivity contribution in [2.45, 2.75) is 51.8 Å². The van der Waals surface area contributed by atoms with Gasteiger partial charge in [-0.1, -0.05) is 12.8 Å². The zero-order valence-corrected chi connectivity index (χ0v) is 10.6. The van der Waals surface area contributed by atoms with Gasteiger partial charge in [-0.2, -0.15) is 0 Å². The number of aliphatic hydroxyl groups is 1. The van der Waals surface area contributed by atoms with Gasteiger partial charge in [0.1, 0.15) is 0 Å². The fraction of sp³-hybridized carbons (Fsp3) is 0.769. The maximum atomic E-state index is 9.87. The highest BCUT2D eigenvalue weighted by Crippen LogP contribution is 2.23. The summed E-state index contributed by atoms with van der Waals surface area (Å²) >= 11 is 0. The van der Waals surface area contributed by atoms with E-state index < -0.39 is 0 Å². The van der Waals surface area contributed by atoms with Crippen molar-refractivity contribution in [3.8, 4) is 0 Å². The van der Waals surface area contributed by atoms with Crippen molar-refractivity contribution >= 4 is 0 Å². The quantitative estimate of drug-likeness (QED) is 0.817. The highest BCUT2D eigenvalue weighted by molar-refractivity contribution is 4.97. The number of nitrogens with zero attached hydrogens (tertiary/aromatic N) is 2. The predicted molar refractivity (Wildman–Crippen MR) is 67.6 cm³/mol. The summed E-state index contributed by atoms with van der Waals surface area (Å²) in [5.74, 6) is 0.432. The number of aromatic nitrogens is 2. The first-order chi connectivity index (χ1) is 8.31. The molecule has 1 aromatic rings. The van der Waals surface area contributed by atoms with Crippen LogP contribution >= 0.6 is 0 Å². The number of hydrogen-bond acceptors (Lipinski definition) is 3. The molecule has 1 aliphatic rings. The molecular formula is C13H23N3O. The van der Waals surface area contributed by atoms with E-state index in [-0.39, 0.29) is 6.10 Å². The lowest BCUT2D eigenvalue weighted by atomic mass is 9.86. The second kappa shape index (κ2) is 6.17. The van der Waals surface area contributed by atoms with Crippen molar-refractivity contribution in [2.24, 2.45) is 5.92 Å². The van der Waals surface area contributed by atoms with Crippen LogP contribution in [0.25, 0.3) is 0 Å². The Hall–Kier alpha value is -0.870. The van der Waals surface area contributed by atoms with E-state index in [9.17, 15) is 5.11 Å². The van der Waals surface area contributed by atoms with Gasteiger partial charge in [0.15, 0.2) is 0 Å². The van der Waals surface area contributed by atoms with Crippen molar-refractivity contribution in [3.05, 3.63) is 18.2 Å². The average molecular weight is 237 g/mol. The molecule has 2 atom stereocenters. The highest BCUT2D eigenvalue weighted by atomic mass is 16.3. The predicted octanol–water partition coefficient (Wildman–Crippen LogP) is 1.54. The molecule has 0 aliphatic heterocycles. The summed E-state index contributed by atoms with van der Waals surface area (Å²) in [6.07, 6.45) is 8.24. The van der Waals surface area contributed by atoms with Gasteiger partial charge >= 0.3 is 0 Å². The van der Waals surface area contributed by atoms with Gasteiger partial charge in [-0.25, -0.2) is 4.98 Å². The molecule has 1 saturated carbocycles. The number of imidazole rings is 1. The van der Waals surface area contributed by atoms with Gasteiger partial charge in [0.25, 0.3) is 0 Å². The van der Waals surface area contributed by atoms with Crippen molar-refractivity contribution in [1.82, 2.24) is 14.9 Å². The molecule has 1 fully saturated rings. The van der Waals surface area contributed by atoms with E-state index in [1.807, 2.05) is 12.5 Å². The summed E-state index contributed by atoms with van der Waals surface area (Å²) in [5.41, 5.74) is 1.22. The number of aryl methyl sites for hydroxylation is 1. The average Bonchev–Trinajstić information content (AvgIpc) is 2.79. The van der Waals surface area contributed by atoms with E-state index in [4.69, 9.17) is 0 Å². The SMILES string of the molecule is CCn1cncc1CNCC1CCCCC1O. The number of nitrogens with one attached hydrogen (secondary N) is 1. The Morgan fingerprint density at radius 3 is 3.06 bits per heavy atom. The number of aliphatic hydroxyl groups excluding tert-OH is 1. The van der Waals surface area contributed by atoms with Crippen LogP contribution in [0.1, 0.15) is 38.3 Å². The monoisotopic (exact) mass is 237 g/mol. The maximum absolute atomic E-state index is 9.87. The third kappa shape index (κ3) is 3.30. The Morgan fingerprint density at radius 2 is 2.29 bits per heavy atom. The standard InChI is InChI=1S/C13H23N3O/c1-2-16-10-15-9-12(16)8-14-7-11-5-3-4-6-13(11)17/h9-11,13-14,17H,2-8H2,1H3. The van der Waals surface area contributed by atoms with Crippen LogP contribution < -0.4 is 5.32 Å². The molecule has 1 heterocycles. The van der Waals surface area contributed by atoms with E-state index in [1.54, 1.807) is 0 Å². The van der Waals surface area contributed by atoms with Crippen molar-refractivity contribution in [2.75, 3.05) is 6.54 Å². The summed E-state index contributed by atoms with van der Waals surface area (Å²) in [5, 5.41) is 13.3. The lowest BCUT2D eigenvalue weighted by Gasteiger charge is -2.27. The Kier molecular flexibility index (Phi) is 4.57. The van der Waals surface area contributed by atoms with Gasteiger partial charge in [-0.3, -0.25) is 0 Å².